The molecule has 1 saturated carbocycles. The molecular formula is C19H27BrO2. The van der Waals surface area contributed by atoms with Crippen molar-refractivity contribution < 1.29 is 9.53 Å². The van der Waals surface area contributed by atoms with Gasteiger partial charge in [0.05, 0.1) is 5.92 Å². The highest BCUT2D eigenvalue weighted by Crippen LogP contribution is 2.36. The van der Waals surface area contributed by atoms with Gasteiger partial charge in [-0.15, -0.1) is 0 Å². The fraction of sp³-hybridized carbons (Fsp3) is 0.632. The molecule has 0 radical (unpaired) electrons. The first kappa shape index (κ1) is 17.5. The van der Waals surface area contributed by atoms with E-state index < -0.39 is 0 Å². The topological polar surface area (TPSA) is 26.3 Å². The molecule has 0 aromatic heterocycles. The second kappa shape index (κ2) is 7.63. The van der Waals surface area contributed by atoms with Crippen LogP contribution in [0.1, 0.15) is 58.4 Å². The molecular weight excluding hydrogens is 340 g/mol. The Bertz CT molecular complexity index is 512. The van der Waals surface area contributed by atoms with Crippen LogP contribution >= 0.6 is 15.9 Å². The van der Waals surface area contributed by atoms with Gasteiger partial charge in [-0.05, 0) is 55.2 Å². The Morgan fingerprint density at radius 2 is 2.00 bits per heavy atom. The van der Waals surface area contributed by atoms with Gasteiger partial charge in [0.2, 0.25) is 0 Å². The molecule has 0 N–H and O–H groups in total. The summed E-state index contributed by atoms with van der Waals surface area (Å²) < 4.78 is 6.93. The molecule has 2 rings (SSSR count). The average molecular weight is 367 g/mol. The Balaban J connectivity index is 2.05. The van der Waals surface area contributed by atoms with Gasteiger partial charge in [0.1, 0.15) is 6.10 Å². The van der Waals surface area contributed by atoms with Gasteiger partial charge in [-0.1, -0.05) is 55.3 Å². The van der Waals surface area contributed by atoms with Crippen molar-refractivity contribution in [2.24, 2.45) is 17.8 Å². The number of rotatable bonds is 4. The maximum Gasteiger partial charge on any atom is 0.313 e. The lowest BCUT2D eigenvalue weighted by Gasteiger charge is -2.37. The highest BCUT2D eigenvalue weighted by atomic mass is 79.9. The van der Waals surface area contributed by atoms with Crippen molar-refractivity contribution in [3.8, 4) is 0 Å². The number of hydrogen-bond acceptors (Lipinski definition) is 2. The molecule has 0 aliphatic heterocycles. The van der Waals surface area contributed by atoms with Crippen molar-refractivity contribution in [1.82, 2.24) is 0 Å². The maximum absolute atomic E-state index is 12.6. The molecule has 3 heteroatoms. The summed E-state index contributed by atoms with van der Waals surface area (Å²) >= 11 is 3.46. The molecule has 22 heavy (non-hydrogen) atoms. The highest BCUT2D eigenvalue weighted by molar-refractivity contribution is 9.10. The van der Waals surface area contributed by atoms with Crippen molar-refractivity contribution in [2.75, 3.05) is 0 Å². The summed E-state index contributed by atoms with van der Waals surface area (Å²) in [5.74, 6) is 1.39. The zero-order valence-corrected chi connectivity index (χ0v) is 15.6. The number of hydrogen-bond donors (Lipinski definition) is 0. The molecule has 1 aliphatic rings. The van der Waals surface area contributed by atoms with Crippen LogP contribution in [0.2, 0.25) is 0 Å². The quantitative estimate of drug-likeness (QED) is 0.652. The first-order valence-electron chi connectivity index (χ1n) is 8.34. The van der Waals surface area contributed by atoms with Crippen molar-refractivity contribution in [1.29, 1.82) is 0 Å². The van der Waals surface area contributed by atoms with E-state index in [1.807, 2.05) is 31.2 Å². The maximum atomic E-state index is 12.6. The van der Waals surface area contributed by atoms with E-state index in [9.17, 15) is 4.79 Å². The fourth-order valence-corrected chi connectivity index (χ4v) is 3.83. The second-order valence-corrected chi connectivity index (χ2v) is 7.99. The third-order valence-electron chi connectivity index (χ3n) is 4.93. The Morgan fingerprint density at radius 1 is 1.27 bits per heavy atom. The van der Waals surface area contributed by atoms with Gasteiger partial charge < -0.3 is 4.74 Å². The fourth-order valence-electron chi connectivity index (χ4n) is 3.41. The van der Waals surface area contributed by atoms with E-state index in [2.05, 4.69) is 36.7 Å². The van der Waals surface area contributed by atoms with Crippen LogP contribution in [0.15, 0.2) is 28.7 Å². The zero-order chi connectivity index (χ0) is 16.3. The minimum absolute atomic E-state index is 0.0749. The molecule has 1 fully saturated rings. The second-order valence-electron chi connectivity index (χ2n) is 7.08. The van der Waals surface area contributed by atoms with E-state index in [1.165, 1.54) is 12.8 Å². The Kier molecular flexibility index (Phi) is 6.08. The summed E-state index contributed by atoms with van der Waals surface area (Å²) in [5, 5.41) is 0. The predicted octanol–water partition coefficient (Wildman–Crippen LogP) is 5.56. The van der Waals surface area contributed by atoms with Crippen LogP contribution in [-0.2, 0) is 9.53 Å². The molecule has 122 valence electrons. The van der Waals surface area contributed by atoms with Crippen LogP contribution in [0, 0.1) is 17.8 Å². The molecule has 0 saturated heterocycles. The van der Waals surface area contributed by atoms with Crippen LogP contribution in [-0.4, -0.2) is 12.1 Å². The Hall–Kier alpha value is -0.830. The molecule has 0 unspecified atom stereocenters. The summed E-state index contributed by atoms with van der Waals surface area (Å²) in [6.07, 6.45) is 3.49. The Morgan fingerprint density at radius 3 is 2.64 bits per heavy atom. The molecule has 0 bridgehead atoms. The van der Waals surface area contributed by atoms with E-state index in [0.29, 0.717) is 17.8 Å². The standard InChI is InChI=1S/C19H27BrO2/c1-12(2)17-9-8-13(3)10-18(17)22-19(21)14(4)15-6-5-7-16(20)11-15/h5-7,11-14,17-18H,8-10H2,1-4H3/t13-,14-,17+,18-/m1/s1. The molecule has 2 nitrogen and oxygen atoms in total. The van der Waals surface area contributed by atoms with Crippen LogP contribution in [0.3, 0.4) is 0 Å². The van der Waals surface area contributed by atoms with Crippen molar-refractivity contribution in [3.05, 3.63) is 34.3 Å². The van der Waals surface area contributed by atoms with E-state index in [4.69, 9.17) is 4.74 Å². The van der Waals surface area contributed by atoms with Gasteiger partial charge in [0.15, 0.2) is 0 Å². The summed E-state index contributed by atoms with van der Waals surface area (Å²) in [5.41, 5.74) is 1.00. The van der Waals surface area contributed by atoms with Gasteiger partial charge in [-0.3, -0.25) is 4.79 Å². The van der Waals surface area contributed by atoms with Crippen LogP contribution in [0.4, 0.5) is 0 Å². The summed E-state index contributed by atoms with van der Waals surface area (Å²) in [7, 11) is 0. The smallest absolute Gasteiger partial charge is 0.313 e. The molecule has 1 aromatic carbocycles. The van der Waals surface area contributed by atoms with Gasteiger partial charge in [-0.2, -0.15) is 0 Å². The highest BCUT2D eigenvalue weighted by Gasteiger charge is 2.34. The lowest BCUT2D eigenvalue weighted by molar-refractivity contribution is -0.157. The zero-order valence-electron chi connectivity index (χ0n) is 14.0. The summed E-state index contributed by atoms with van der Waals surface area (Å²) in [4.78, 5) is 12.6. The van der Waals surface area contributed by atoms with Crippen LogP contribution in [0.25, 0.3) is 0 Å². The number of halogens is 1. The predicted molar refractivity (Wildman–Crippen MR) is 93.8 cm³/mol. The number of carbonyl (C=O) groups is 1. The first-order valence-corrected chi connectivity index (χ1v) is 9.13. The lowest BCUT2D eigenvalue weighted by Crippen LogP contribution is -2.36. The lowest BCUT2D eigenvalue weighted by atomic mass is 9.75. The SMILES string of the molecule is CC(C)[C@@H]1CC[C@@H](C)C[C@H]1OC(=O)[C@H](C)c1cccc(Br)c1. The Labute approximate surface area is 142 Å². The van der Waals surface area contributed by atoms with Crippen molar-refractivity contribution >= 4 is 21.9 Å². The van der Waals surface area contributed by atoms with E-state index in [0.717, 1.165) is 16.5 Å². The van der Waals surface area contributed by atoms with Gasteiger partial charge in [-0.25, -0.2) is 0 Å². The molecule has 0 spiro atoms. The van der Waals surface area contributed by atoms with Gasteiger partial charge in [0.25, 0.3) is 0 Å². The minimum atomic E-state index is -0.220. The van der Waals surface area contributed by atoms with Gasteiger partial charge in [0, 0.05) is 4.47 Å². The monoisotopic (exact) mass is 366 g/mol. The third-order valence-corrected chi connectivity index (χ3v) is 5.42. The number of ether oxygens (including phenoxy) is 1. The van der Waals surface area contributed by atoms with E-state index in [-0.39, 0.29) is 18.0 Å². The van der Waals surface area contributed by atoms with Crippen molar-refractivity contribution in [2.45, 2.75) is 59.0 Å². The van der Waals surface area contributed by atoms with Crippen molar-refractivity contribution in [3.63, 3.8) is 0 Å². The van der Waals surface area contributed by atoms with E-state index >= 15 is 0 Å². The minimum Gasteiger partial charge on any atom is -0.462 e. The van der Waals surface area contributed by atoms with Crippen LogP contribution in [0.5, 0.6) is 0 Å². The van der Waals surface area contributed by atoms with Gasteiger partial charge >= 0.3 is 5.97 Å². The largest absolute Gasteiger partial charge is 0.462 e. The first-order chi connectivity index (χ1) is 10.4. The summed E-state index contributed by atoms with van der Waals surface area (Å²) in [6.45, 7) is 8.66. The number of esters is 1. The molecule has 4 atom stereocenters. The average Bonchev–Trinajstić information content (AvgIpc) is 2.46. The molecule has 1 aromatic rings. The molecule has 1 aliphatic carbocycles. The number of benzene rings is 1. The van der Waals surface area contributed by atoms with E-state index in [1.54, 1.807) is 0 Å². The summed E-state index contributed by atoms with van der Waals surface area (Å²) in [6, 6.07) is 7.91. The van der Waals surface area contributed by atoms with Crippen LogP contribution < -0.4 is 0 Å². The molecule has 0 heterocycles. The third kappa shape index (κ3) is 4.34. The normalized spacial score (nSPS) is 26.7. The number of carbonyl (C=O) groups excluding carboxylic acids is 1. The molecule has 0 amide bonds.